The van der Waals surface area contributed by atoms with Crippen LogP contribution in [-0.4, -0.2) is 23.6 Å². The monoisotopic (exact) mass is 285 g/mol. The highest BCUT2D eigenvalue weighted by Gasteiger charge is 2.31. The van der Waals surface area contributed by atoms with Crippen molar-refractivity contribution in [2.75, 3.05) is 13.7 Å². The highest BCUT2D eigenvalue weighted by molar-refractivity contribution is 5.30. The fourth-order valence-corrected chi connectivity index (χ4v) is 2.75. The van der Waals surface area contributed by atoms with Gasteiger partial charge in [0.2, 0.25) is 0 Å². The van der Waals surface area contributed by atoms with Crippen molar-refractivity contribution in [2.45, 2.75) is 31.7 Å². The van der Waals surface area contributed by atoms with Crippen molar-refractivity contribution in [1.82, 2.24) is 15.3 Å². The van der Waals surface area contributed by atoms with E-state index in [2.05, 4.69) is 39.6 Å². The lowest BCUT2D eigenvalue weighted by Crippen LogP contribution is -2.24. The Hall–Kier alpha value is -1.81. The number of ether oxygens (including phenoxy) is 1. The van der Waals surface area contributed by atoms with E-state index in [4.69, 9.17) is 4.74 Å². The summed E-state index contributed by atoms with van der Waals surface area (Å²) in [7, 11) is 1.71. The quantitative estimate of drug-likeness (QED) is 0.733. The molecule has 1 aromatic carbocycles. The molecule has 1 unspecified atom stereocenters. The molecule has 112 valence electrons. The second kappa shape index (κ2) is 6.76. The van der Waals surface area contributed by atoms with E-state index in [1.807, 2.05) is 12.4 Å². The summed E-state index contributed by atoms with van der Waals surface area (Å²) in [4.78, 5) is 7.41. The van der Waals surface area contributed by atoms with Gasteiger partial charge in [-0.15, -0.1) is 0 Å². The van der Waals surface area contributed by atoms with Gasteiger partial charge < -0.3 is 15.0 Å². The van der Waals surface area contributed by atoms with Crippen LogP contribution in [0.25, 0.3) is 0 Å². The number of nitrogens with one attached hydrogen (secondary N) is 2. The van der Waals surface area contributed by atoms with Crippen molar-refractivity contribution in [2.24, 2.45) is 5.92 Å². The fraction of sp³-hybridized carbons (Fsp3) is 0.471. The SMILES string of the molecule is COc1ccc(C(NCCCc2ncc[nH]2)C2CC2)cc1. The van der Waals surface area contributed by atoms with Gasteiger partial charge in [0.15, 0.2) is 0 Å². The van der Waals surface area contributed by atoms with Crippen molar-refractivity contribution in [3.63, 3.8) is 0 Å². The molecule has 1 aliphatic carbocycles. The summed E-state index contributed by atoms with van der Waals surface area (Å²) in [5, 5.41) is 3.72. The number of benzene rings is 1. The number of aromatic amines is 1. The molecular weight excluding hydrogens is 262 g/mol. The van der Waals surface area contributed by atoms with Crippen molar-refractivity contribution in [1.29, 1.82) is 0 Å². The Morgan fingerprint density at radius 3 is 2.76 bits per heavy atom. The van der Waals surface area contributed by atoms with E-state index >= 15 is 0 Å². The molecule has 3 rings (SSSR count). The van der Waals surface area contributed by atoms with Crippen molar-refractivity contribution < 1.29 is 4.74 Å². The highest BCUT2D eigenvalue weighted by atomic mass is 16.5. The number of methoxy groups -OCH3 is 1. The molecule has 1 aliphatic rings. The number of rotatable bonds is 8. The largest absolute Gasteiger partial charge is 0.497 e. The van der Waals surface area contributed by atoms with Gasteiger partial charge in [0, 0.05) is 24.9 Å². The van der Waals surface area contributed by atoms with E-state index in [0.717, 1.165) is 36.9 Å². The maximum absolute atomic E-state index is 5.23. The van der Waals surface area contributed by atoms with Gasteiger partial charge in [-0.25, -0.2) is 4.98 Å². The minimum absolute atomic E-state index is 0.479. The number of hydrogen-bond donors (Lipinski definition) is 2. The van der Waals surface area contributed by atoms with E-state index in [-0.39, 0.29) is 0 Å². The van der Waals surface area contributed by atoms with Gasteiger partial charge in [-0.2, -0.15) is 0 Å². The summed E-state index contributed by atoms with van der Waals surface area (Å²) in [5.74, 6) is 2.79. The smallest absolute Gasteiger partial charge is 0.118 e. The van der Waals surface area contributed by atoms with Crippen LogP contribution in [0.2, 0.25) is 0 Å². The maximum Gasteiger partial charge on any atom is 0.118 e. The van der Waals surface area contributed by atoms with Gasteiger partial charge in [0.05, 0.1) is 7.11 Å². The van der Waals surface area contributed by atoms with E-state index in [1.165, 1.54) is 18.4 Å². The first-order valence-corrected chi connectivity index (χ1v) is 7.72. The van der Waals surface area contributed by atoms with Gasteiger partial charge in [-0.3, -0.25) is 0 Å². The first-order chi connectivity index (χ1) is 10.4. The standard InChI is InChI=1S/C17H23N3O/c1-21-15-8-6-14(7-9-15)17(13-4-5-13)20-10-2-3-16-18-11-12-19-16/h6-9,11-13,17,20H,2-5,10H2,1H3,(H,18,19). The van der Waals surface area contributed by atoms with Gasteiger partial charge >= 0.3 is 0 Å². The third-order valence-corrected chi connectivity index (χ3v) is 4.08. The predicted molar refractivity (Wildman–Crippen MR) is 83.4 cm³/mol. The highest BCUT2D eigenvalue weighted by Crippen LogP contribution is 2.41. The molecule has 0 spiro atoms. The summed E-state index contributed by atoms with van der Waals surface area (Å²) in [6, 6.07) is 8.94. The number of aryl methyl sites for hydroxylation is 1. The molecule has 2 aromatic rings. The molecule has 0 amide bonds. The van der Waals surface area contributed by atoms with Crippen LogP contribution in [0.15, 0.2) is 36.7 Å². The lowest BCUT2D eigenvalue weighted by molar-refractivity contribution is 0.413. The van der Waals surface area contributed by atoms with Crippen molar-refractivity contribution in [3.8, 4) is 5.75 Å². The molecule has 4 nitrogen and oxygen atoms in total. The van der Waals surface area contributed by atoms with Gasteiger partial charge in [-0.05, 0) is 49.4 Å². The minimum Gasteiger partial charge on any atom is -0.497 e. The van der Waals surface area contributed by atoms with Crippen LogP contribution in [0.1, 0.15) is 36.7 Å². The zero-order valence-corrected chi connectivity index (χ0v) is 12.5. The maximum atomic E-state index is 5.23. The van der Waals surface area contributed by atoms with Gasteiger partial charge in [0.1, 0.15) is 11.6 Å². The number of hydrogen-bond acceptors (Lipinski definition) is 3. The Morgan fingerprint density at radius 1 is 1.33 bits per heavy atom. The Kier molecular flexibility index (Phi) is 4.55. The molecule has 1 heterocycles. The second-order valence-corrected chi connectivity index (χ2v) is 5.68. The molecule has 2 N–H and O–H groups in total. The Labute approximate surface area is 125 Å². The third kappa shape index (κ3) is 3.85. The topological polar surface area (TPSA) is 49.9 Å². The number of aromatic nitrogens is 2. The molecule has 4 heteroatoms. The minimum atomic E-state index is 0.479. The Bertz CT molecular complexity index is 532. The second-order valence-electron chi connectivity index (χ2n) is 5.68. The molecule has 1 saturated carbocycles. The number of imidazole rings is 1. The van der Waals surface area contributed by atoms with Gasteiger partial charge in [-0.1, -0.05) is 12.1 Å². The lowest BCUT2D eigenvalue weighted by Gasteiger charge is -2.19. The zero-order valence-electron chi connectivity index (χ0n) is 12.5. The predicted octanol–water partition coefficient (Wildman–Crippen LogP) is 3.09. The molecule has 1 aromatic heterocycles. The van der Waals surface area contributed by atoms with Crippen LogP contribution in [0.3, 0.4) is 0 Å². The molecule has 0 saturated heterocycles. The average Bonchev–Trinajstić information content (AvgIpc) is 3.23. The number of nitrogens with zero attached hydrogens (tertiary/aromatic N) is 1. The molecule has 0 bridgehead atoms. The summed E-state index contributed by atoms with van der Waals surface area (Å²) in [6.07, 6.45) is 8.47. The van der Waals surface area contributed by atoms with E-state index in [0.29, 0.717) is 6.04 Å². The van der Waals surface area contributed by atoms with Crippen LogP contribution in [0.4, 0.5) is 0 Å². The van der Waals surface area contributed by atoms with Crippen molar-refractivity contribution in [3.05, 3.63) is 48.0 Å². The van der Waals surface area contributed by atoms with E-state index in [1.54, 1.807) is 7.11 Å². The fourth-order valence-electron chi connectivity index (χ4n) is 2.75. The van der Waals surface area contributed by atoms with Crippen LogP contribution >= 0.6 is 0 Å². The molecular formula is C17H23N3O. The first-order valence-electron chi connectivity index (χ1n) is 7.72. The summed E-state index contributed by atoms with van der Waals surface area (Å²) in [5.41, 5.74) is 1.37. The first kappa shape index (κ1) is 14.1. The normalized spacial score (nSPS) is 15.9. The van der Waals surface area contributed by atoms with E-state index in [9.17, 15) is 0 Å². The summed E-state index contributed by atoms with van der Waals surface area (Å²) >= 11 is 0. The van der Waals surface area contributed by atoms with Crippen LogP contribution in [0.5, 0.6) is 5.75 Å². The zero-order chi connectivity index (χ0) is 14.5. The molecule has 0 aliphatic heterocycles. The molecule has 0 radical (unpaired) electrons. The van der Waals surface area contributed by atoms with E-state index < -0.39 is 0 Å². The molecule has 1 atom stereocenters. The lowest BCUT2D eigenvalue weighted by atomic mass is 10.0. The van der Waals surface area contributed by atoms with Crippen LogP contribution in [0, 0.1) is 5.92 Å². The van der Waals surface area contributed by atoms with Gasteiger partial charge in [0.25, 0.3) is 0 Å². The third-order valence-electron chi connectivity index (χ3n) is 4.08. The summed E-state index contributed by atoms with van der Waals surface area (Å²) in [6.45, 7) is 1.02. The average molecular weight is 285 g/mol. The summed E-state index contributed by atoms with van der Waals surface area (Å²) < 4.78 is 5.23. The van der Waals surface area contributed by atoms with Crippen LogP contribution in [-0.2, 0) is 6.42 Å². The van der Waals surface area contributed by atoms with Crippen LogP contribution < -0.4 is 10.1 Å². The van der Waals surface area contributed by atoms with Crippen molar-refractivity contribution >= 4 is 0 Å². The Balaban J connectivity index is 1.52. The molecule has 1 fully saturated rings. The molecule has 21 heavy (non-hydrogen) atoms. The Morgan fingerprint density at radius 2 is 2.14 bits per heavy atom. The number of H-pyrrole nitrogens is 1.